The van der Waals surface area contributed by atoms with Crippen LogP contribution in [0.3, 0.4) is 0 Å². The number of carboxylic acids is 1. The minimum Gasteiger partial charge on any atom is -0.493 e. The molecule has 0 aliphatic carbocycles. The topological polar surface area (TPSA) is 99.5 Å². The number of rotatable bonds is 5. The molecule has 0 unspecified atom stereocenters. The number of hydrogen-bond acceptors (Lipinski definition) is 6. The molecular weight excluding hydrogens is 388 g/mol. The quantitative estimate of drug-likeness (QED) is 0.640. The van der Waals surface area contributed by atoms with Crippen LogP contribution in [-0.2, 0) is 6.54 Å². The number of aromatic nitrogens is 1. The fourth-order valence-electron chi connectivity index (χ4n) is 2.79. The van der Waals surface area contributed by atoms with Crippen molar-refractivity contribution in [3.05, 3.63) is 93.0 Å². The summed E-state index contributed by atoms with van der Waals surface area (Å²) in [5.41, 5.74) is 0.766. The number of fused-ring (bicyclic) bond motifs is 1. The van der Waals surface area contributed by atoms with Crippen LogP contribution in [0.1, 0.15) is 15.2 Å². The molecular formula is C21H16N4O3S. The summed E-state index contributed by atoms with van der Waals surface area (Å²) in [6.07, 6.45) is 3.38. The number of benzene rings is 2. The van der Waals surface area contributed by atoms with E-state index in [4.69, 9.17) is 5.11 Å². The number of hydrogen-bond donors (Lipinski definition) is 2. The maximum Gasteiger partial charge on any atom is 0.335 e. The van der Waals surface area contributed by atoms with Gasteiger partial charge in [-0.15, -0.1) is 6.58 Å². The normalized spacial score (nSPS) is 12.8. The zero-order chi connectivity index (χ0) is 20.4. The first-order valence-corrected chi connectivity index (χ1v) is 9.52. The van der Waals surface area contributed by atoms with Gasteiger partial charge in [-0.1, -0.05) is 29.5 Å². The monoisotopic (exact) mass is 404 g/mol. The van der Waals surface area contributed by atoms with E-state index in [-0.39, 0.29) is 11.4 Å². The molecule has 3 aromatic rings. The maximum absolute atomic E-state index is 11.0. The van der Waals surface area contributed by atoms with Gasteiger partial charge in [-0.25, -0.2) is 19.8 Å². The molecule has 7 nitrogen and oxygen atoms in total. The smallest absolute Gasteiger partial charge is 0.335 e. The molecule has 144 valence electrons. The van der Waals surface area contributed by atoms with Crippen molar-refractivity contribution < 1.29 is 15.0 Å². The molecule has 1 aliphatic rings. The van der Waals surface area contributed by atoms with Crippen molar-refractivity contribution >= 4 is 29.1 Å². The van der Waals surface area contributed by atoms with Crippen LogP contribution in [-0.4, -0.2) is 20.7 Å². The van der Waals surface area contributed by atoms with Crippen molar-refractivity contribution in [1.29, 1.82) is 0 Å². The third kappa shape index (κ3) is 3.78. The Labute approximate surface area is 169 Å². The maximum atomic E-state index is 11.0. The van der Waals surface area contributed by atoms with E-state index < -0.39 is 5.97 Å². The van der Waals surface area contributed by atoms with Gasteiger partial charge in [-0.3, -0.25) is 4.57 Å². The first-order valence-electron chi connectivity index (χ1n) is 8.71. The molecule has 0 amide bonds. The third-order valence-electron chi connectivity index (χ3n) is 4.17. The fraction of sp³-hybridized carbons (Fsp3) is 0.0476. The van der Waals surface area contributed by atoms with Crippen molar-refractivity contribution in [3.8, 4) is 5.88 Å². The summed E-state index contributed by atoms with van der Waals surface area (Å²) < 4.78 is 1.62. The Morgan fingerprint density at radius 1 is 1.14 bits per heavy atom. The Kier molecular flexibility index (Phi) is 4.92. The molecule has 1 aliphatic heterocycles. The summed E-state index contributed by atoms with van der Waals surface area (Å²) in [5, 5.41) is 21.3. The van der Waals surface area contributed by atoms with Gasteiger partial charge in [0.05, 0.1) is 26.8 Å². The van der Waals surface area contributed by atoms with E-state index in [1.165, 1.54) is 23.5 Å². The standard InChI is InChI=1S/C21H16N4O3S/c1-2-11-25-19(26)17(12-18-23-15-5-3-4-6-16(15)24-18)29-21(25)22-14-9-7-13(8-10-14)20(27)28/h2-10,12,26H,1,11H2,(H,27,28). The first-order chi connectivity index (χ1) is 14.0. The summed E-state index contributed by atoms with van der Waals surface area (Å²) in [7, 11) is 0. The van der Waals surface area contributed by atoms with E-state index in [9.17, 15) is 9.90 Å². The molecule has 4 rings (SSSR count). The minimum absolute atomic E-state index is 0.0460. The van der Waals surface area contributed by atoms with Crippen molar-refractivity contribution in [2.24, 2.45) is 15.0 Å². The number of allylic oxidation sites excluding steroid dienone is 1. The first kappa shape index (κ1) is 18.6. The van der Waals surface area contributed by atoms with Gasteiger partial charge in [0.15, 0.2) is 10.6 Å². The van der Waals surface area contributed by atoms with Gasteiger partial charge < -0.3 is 10.2 Å². The van der Waals surface area contributed by atoms with Gasteiger partial charge in [0, 0.05) is 12.6 Å². The van der Waals surface area contributed by atoms with Gasteiger partial charge in [0.1, 0.15) is 0 Å². The lowest BCUT2D eigenvalue weighted by Gasteiger charge is -2.01. The number of aromatic carboxylic acids is 1. The largest absolute Gasteiger partial charge is 0.493 e. The summed E-state index contributed by atoms with van der Waals surface area (Å²) in [6, 6.07) is 13.8. The average molecular weight is 404 g/mol. The molecule has 0 atom stereocenters. The molecule has 0 saturated carbocycles. The third-order valence-corrected chi connectivity index (χ3v) is 5.19. The fourth-order valence-corrected chi connectivity index (χ4v) is 3.77. The molecule has 29 heavy (non-hydrogen) atoms. The van der Waals surface area contributed by atoms with Gasteiger partial charge in [-0.2, -0.15) is 0 Å². The average Bonchev–Trinajstić information content (AvgIpc) is 3.24. The van der Waals surface area contributed by atoms with Crippen LogP contribution in [0.15, 0.2) is 82.0 Å². The molecule has 0 fully saturated rings. The lowest BCUT2D eigenvalue weighted by molar-refractivity contribution is 0.0697. The number of para-hydroxylation sites is 2. The predicted octanol–water partition coefficient (Wildman–Crippen LogP) is 2.62. The highest BCUT2D eigenvalue weighted by atomic mass is 32.1. The Hall–Kier alpha value is -3.78. The van der Waals surface area contributed by atoms with Gasteiger partial charge >= 0.3 is 5.97 Å². The highest BCUT2D eigenvalue weighted by Crippen LogP contribution is 2.25. The van der Waals surface area contributed by atoms with Crippen LogP contribution in [0.2, 0.25) is 0 Å². The zero-order valence-electron chi connectivity index (χ0n) is 15.2. The Morgan fingerprint density at radius 3 is 2.38 bits per heavy atom. The molecule has 1 aromatic heterocycles. The second-order valence-electron chi connectivity index (χ2n) is 6.15. The van der Waals surface area contributed by atoms with Crippen LogP contribution in [0.25, 0.3) is 6.08 Å². The Morgan fingerprint density at radius 2 is 1.79 bits per heavy atom. The number of aromatic hydroxyl groups is 1. The molecule has 0 saturated heterocycles. The van der Waals surface area contributed by atoms with E-state index in [0.29, 0.717) is 27.7 Å². The SMILES string of the molecule is C=CCn1c(O)c(C=C2N=c3ccccc3=N2)sc1=Nc1ccc(C(=O)O)cc1. The van der Waals surface area contributed by atoms with Crippen molar-refractivity contribution in [2.75, 3.05) is 0 Å². The molecule has 0 spiro atoms. The van der Waals surface area contributed by atoms with Crippen molar-refractivity contribution in [3.63, 3.8) is 0 Å². The van der Waals surface area contributed by atoms with E-state index >= 15 is 0 Å². The Balaban J connectivity index is 1.78. The van der Waals surface area contributed by atoms with Crippen LogP contribution in [0.5, 0.6) is 5.88 Å². The van der Waals surface area contributed by atoms with Crippen LogP contribution < -0.4 is 15.5 Å². The van der Waals surface area contributed by atoms with Crippen LogP contribution >= 0.6 is 11.3 Å². The van der Waals surface area contributed by atoms with Crippen molar-refractivity contribution in [1.82, 2.24) is 4.57 Å². The van der Waals surface area contributed by atoms with E-state index in [0.717, 1.165) is 10.7 Å². The lowest BCUT2D eigenvalue weighted by atomic mass is 10.2. The summed E-state index contributed by atoms with van der Waals surface area (Å²) in [4.78, 5) is 25.6. The second kappa shape index (κ2) is 7.69. The van der Waals surface area contributed by atoms with Gasteiger partial charge in [0.25, 0.3) is 0 Å². The molecule has 2 heterocycles. The molecule has 2 N–H and O–H groups in total. The summed E-state index contributed by atoms with van der Waals surface area (Å²) in [6.45, 7) is 4.10. The van der Waals surface area contributed by atoms with Gasteiger partial charge in [0.2, 0.25) is 5.88 Å². The predicted molar refractivity (Wildman–Crippen MR) is 110 cm³/mol. The lowest BCUT2D eigenvalue weighted by Crippen LogP contribution is -2.19. The van der Waals surface area contributed by atoms with E-state index in [1.807, 2.05) is 24.3 Å². The number of carboxylic acid groups (broad SMARTS) is 1. The molecule has 0 radical (unpaired) electrons. The number of carbonyl (C=O) groups is 1. The second-order valence-corrected chi connectivity index (χ2v) is 7.16. The van der Waals surface area contributed by atoms with E-state index in [2.05, 4.69) is 21.6 Å². The van der Waals surface area contributed by atoms with Crippen LogP contribution in [0.4, 0.5) is 5.69 Å². The van der Waals surface area contributed by atoms with E-state index in [1.54, 1.807) is 28.9 Å². The summed E-state index contributed by atoms with van der Waals surface area (Å²) in [5.74, 6) is -0.443. The molecule has 0 bridgehead atoms. The van der Waals surface area contributed by atoms with Gasteiger partial charge in [-0.05, 0) is 36.4 Å². The zero-order valence-corrected chi connectivity index (χ0v) is 16.0. The number of nitrogens with zero attached hydrogens (tertiary/aromatic N) is 4. The summed E-state index contributed by atoms with van der Waals surface area (Å²) >= 11 is 1.28. The Bertz CT molecular complexity index is 1290. The number of thiazole rings is 1. The van der Waals surface area contributed by atoms with Crippen molar-refractivity contribution in [2.45, 2.75) is 6.54 Å². The highest BCUT2D eigenvalue weighted by Gasteiger charge is 2.12. The minimum atomic E-state index is -0.994. The molecule has 2 aromatic carbocycles. The van der Waals surface area contributed by atoms with Crippen LogP contribution in [0, 0.1) is 0 Å². The highest BCUT2D eigenvalue weighted by molar-refractivity contribution is 7.10. The molecule has 8 heteroatoms.